The van der Waals surface area contributed by atoms with Crippen LogP contribution in [0.2, 0.25) is 0 Å². The van der Waals surface area contributed by atoms with Gasteiger partial charge in [0.05, 0.1) is 10.5 Å². The van der Waals surface area contributed by atoms with Crippen molar-refractivity contribution >= 4 is 16.0 Å². The topological polar surface area (TPSA) is 83.5 Å². The fraction of sp³-hybridized carbons (Fsp3) is 0.500. The van der Waals surface area contributed by atoms with Crippen LogP contribution in [0.25, 0.3) is 0 Å². The highest BCUT2D eigenvalue weighted by Crippen LogP contribution is 2.23. The third-order valence-electron chi connectivity index (χ3n) is 3.43. The molecule has 5 nitrogen and oxygen atoms in total. The van der Waals surface area contributed by atoms with Gasteiger partial charge in [0, 0.05) is 6.04 Å². The predicted molar refractivity (Wildman–Crippen MR) is 77.4 cm³/mol. The van der Waals surface area contributed by atoms with Crippen molar-refractivity contribution in [3.8, 4) is 0 Å². The SMILES string of the molecule is Cc1c(C(=O)O)cccc1S(=O)(=O)NC(C)C(C)(C)C. The molecule has 1 unspecified atom stereocenters. The maximum absolute atomic E-state index is 12.4. The Morgan fingerprint density at radius 2 is 1.85 bits per heavy atom. The second kappa shape index (κ2) is 5.54. The van der Waals surface area contributed by atoms with Gasteiger partial charge in [-0.25, -0.2) is 17.9 Å². The largest absolute Gasteiger partial charge is 0.478 e. The fourth-order valence-corrected chi connectivity index (χ4v) is 3.33. The lowest BCUT2D eigenvalue weighted by Gasteiger charge is -2.28. The van der Waals surface area contributed by atoms with Crippen molar-refractivity contribution in [1.82, 2.24) is 4.72 Å². The lowest BCUT2D eigenvalue weighted by atomic mass is 9.89. The first-order valence-corrected chi connectivity index (χ1v) is 7.80. The maximum atomic E-state index is 12.4. The molecule has 0 fully saturated rings. The highest BCUT2D eigenvalue weighted by atomic mass is 32.2. The van der Waals surface area contributed by atoms with E-state index in [1.165, 1.54) is 25.1 Å². The normalized spacial score (nSPS) is 14.1. The molecule has 112 valence electrons. The Morgan fingerprint density at radius 1 is 1.30 bits per heavy atom. The van der Waals surface area contributed by atoms with Gasteiger partial charge in [0.15, 0.2) is 0 Å². The summed E-state index contributed by atoms with van der Waals surface area (Å²) in [6.07, 6.45) is 0. The molecule has 0 aliphatic rings. The van der Waals surface area contributed by atoms with Crippen molar-refractivity contribution in [3.05, 3.63) is 29.3 Å². The maximum Gasteiger partial charge on any atom is 0.335 e. The highest BCUT2D eigenvalue weighted by molar-refractivity contribution is 7.89. The summed E-state index contributed by atoms with van der Waals surface area (Å²) in [5, 5.41) is 9.05. The molecular weight excluding hydrogens is 278 g/mol. The van der Waals surface area contributed by atoms with Gasteiger partial charge in [-0.3, -0.25) is 0 Å². The predicted octanol–water partition coefficient (Wildman–Crippen LogP) is 2.41. The van der Waals surface area contributed by atoms with Crippen LogP contribution in [0.4, 0.5) is 0 Å². The molecule has 2 N–H and O–H groups in total. The summed E-state index contributed by atoms with van der Waals surface area (Å²) in [4.78, 5) is 11.1. The number of sulfonamides is 1. The van der Waals surface area contributed by atoms with E-state index in [4.69, 9.17) is 5.11 Å². The van der Waals surface area contributed by atoms with Gasteiger partial charge in [0.2, 0.25) is 10.0 Å². The monoisotopic (exact) mass is 299 g/mol. The van der Waals surface area contributed by atoms with E-state index in [-0.39, 0.29) is 27.5 Å². The van der Waals surface area contributed by atoms with E-state index >= 15 is 0 Å². The molecule has 1 aromatic rings. The minimum absolute atomic E-state index is 0.00344. The summed E-state index contributed by atoms with van der Waals surface area (Å²) in [6.45, 7) is 9.08. The van der Waals surface area contributed by atoms with Crippen molar-refractivity contribution in [2.45, 2.75) is 45.6 Å². The van der Waals surface area contributed by atoms with Gasteiger partial charge in [-0.1, -0.05) is 26.8 Å². The number of carbonyl (C=O) groups is 1. The van der Waals surface area contributed by atoms with E-state index in [0.717, 1.165) is 0 Å². The summed E-state index contributed by atoms with van der Waals surface area (Å²) in [5.74, 6) is -1.14. The van der Waals surface area contributed by atoms with Crippen molar-refractivity contribution < 1.29 is 18.3 Å². The summed E-state index contributed by atoms with van der Waals surface area (Å²) >= 11 is 0. The molecular formula is C14H21NO4S. The number of hydrogen-bond donors (Lipinski definition) is 2. The Kier molecular flexibility index (Phi) is 4.61. The number of benzene rings is 1. The number of aromatic carboxylic acids is 1. The number of carboxylic acids is 1. The second-order valence-electron chi connectivity index (χ2n) is 5.94. The summed E-state index contributed by atoms with van der Waals surface area (Å²) in [7, 11) is -3.74. The Morgan fingerprint density at radius 3 is 2.30 bits per heavy atom. The standard InChI is InChI=1S/C14H21NO4S/c1-9-11(13(16)17)7-6-8-12(9)20(18,19)15-10(2)14(3,4)5/h6-8,10,15H,1-5H3,(H,16,17). The van der Waals surface area contributed by atoms with E-state index in [2.05, 4.69) is 4.72 Å². The Hall–Kier alpha value is -1.40. The third kappa shape index (κ3) is 3.58. The molecule has 1 aromatic carbocycles. The molecule has 0 amide bonds. The average molecular weight is 299 g/mol. The fourth-order valence-electron chi connectivity index (χ4n) is 1.61. The third-order valence-corrected chi connectivity index (χ3v) is 5.12. The number of nitrogens with one attached hydrogen (secondary N) is 1. The first kappa shape index (κ1) is 16.7. The Balaban J connectivity index is 3.24. The van der Waals surface area contributed by atoms with Crippen LogP contribution in [0.3, 0.4) is 0 Å². The number of carboxylic acid groups (broad SMARTS) is 1. The van der Waals surface area contributed by atoms with Crippen molar-refractivity contribution in [2.24, 2.45) is 5.41 Å². The van der Waals surface area contributed by atoms with Gasteiger partial charge in [0.25, 0.3) is 0 Å². The van der Waals surface area contributed by atoms with Gasteiger partial charge >= 0.3 is 5.97 Å². The lowest BCUT2D eigenvalue weighted by Crippen LogP contribution is -2.41. The molecule has 0 heterocycles. The molecule has 0 spiro atoms. The van der Waals surface area contributed by atoms with E-state index in [9.17, 15) is 13.2 Å². The first-order valence-electron chi connectivity index (χ1n) is 6.32. The molecule has 0 aliphatic carbocycles. The van der Waals surface area contributed by atoms with Gasteiger partial charge in [0.1, 0.15) is 0 Å². The van der Waals surface area contributed by atoms with Crippen LogP contribution in [-0.4, -0.2) is 25.5 Å². The zero-order chi connectivity index (χ0) is 15.7. The van der Waals surface area contributed by atoms with Crippen LogP contribution in [-0.2, 0) is 10.0 Å². The van der Waals surface area contributed by atoms with Crippen LogP contribution in [0, 0.1) is 12.3 Å². The van der Waals surface area contributed by atoms with Crippen molar-refractivity contribution in [2.75, 3.05) is 0 Å². The van der Waals surface area contributed by atoms with Crippen LogP contribution in [0.5, 0.6) is 0 Å². The van der Waals surface area contributed by atoms with Crippen LogP contribution in [0.1, 0.15) is 43.6 Å². The molecule has 0 aromatic heterocycles. The molecule has 0 radical (unpaired) electrons. The van der Waals surface area contributed by atoms with E-state index in [1.54, 1.807) is 6.92 Å². The molecule has 6 heteroatoms. The van der Waals surface area contributed by atoms with E-state index < -0.39 is 16.0 Å². The quantitative estimate of drug-likeness (QED) is 0.894. The van der Waals surface area contributed by atoms with Gasteiger partial charge in [-0.2, -0.15) is 0 Å². The zero-order valence-electron chi connectivity index (χ0n) is 12.4. The van der Waals surface area contributed by atoms with Crippen molar-refractivity contribution in [1.29, 1.82) is 0 Å². The molecule has 1 atom stereocenters. The Bertz CT molecular complexity index is 615. The number of hydrogen-bond acceptors (Lipinski definition) is 3. The lowest BCUT2D eigenvalue weighted by molar-refractivity contribution is 0.0696. The minimum Gasteiger partial charge on any atom is -0.478 e. The number of rotatable bonds is 4. The Labute approximate surface area is 120 Å². The molecule has 0 saturated carbocycles. The average Bonchev–Trinajstić information content (AvgIpc) is 2.26. The zero-order valence-corrected chi connectivity index (χ0v) is 13.2. The van der Waals surface area contributed by atoms with Crippen LogP contribution in [0.15, 0.2) is 23.1 Å². The van der Waals surface area contributed by atoms with Crippen LogP contribution >= 0.6 is 0 Å². The molecule has 0 aliphatic heterocycles. The van der Waals surface area contributed by atoms with E-state index in [0.29, 0.717) is 0 Å². The van der Waals surface area contributed by atoms with Gasteiger partial charge in [-0.05, 0) is 37.0 Å². The van der Waals surface area contributed by atoms with Gasteiger partial charge < -0.3 is 5.11 Å². The van der Waals surface area contributed by atoms with Crippen LogP contribution < -0.4 is 4.72 Å². The minimum atomic E-state index is -3.74. The van der Waals surface area contributed by atoms with Gasteiger partial charge in [-0.15, -0.1) is 0 Å². The molecule has 20 heavy (non-hydrogen) atoms. The summed E-state index contributed by atoms with van der Waals surface area (Å²) in [5.41, 5.74) is 0.00987. The van der Waals surface area contributed by atoms with E-state index in [1.807, 2.05) is 20.8 Å². The summed E-state index contributed by atoms with van der Waals surface area (Å²) in [6, 6.07) is 3.97. The molecule has 1 rings (SSSR count). The van der Waals surface area contributed by atoms with Crippen molar-refractivity contribution in [3.63, 3.8) is 0 Å². The molecule has 0 bridgehead atoms. The highest BCUT2D eigenvalue weighted by Gasteiger charge is 2.27. The first-order chi connectivity index (χ1) is 8.97. The smallest absolute Gasteiger partial charge is 0.335 e. The summed E-state index contributed by atoms with van der Waals surface area (Å²) < 4.78 is 27.4. The molecule has 0 saturated heterocycles. The second-order valence-corrected chi connectivity index (χ2v) is 7.63.